The number of hydrogen-bond donors (Lipinski definition) is 1. The lowest BCUT2D eigenvalue weighted by atomic mass is 10.1. The van der Waals surface area contributed by atoms with Crippen LogP contribution < -0.4 is 10.5 Å². The van der Waals surface area contributed by atoms with Crippen LogP contribution in [0.1, 0.15) is 5.56 Å². The van der Waals surface area contributed by atoms with Crippen LogP contribution in [0.15, 0.2) is 35.7 Å². The summed E-state index contributed by atoms with van der Waals surface area (Å²) in [5.41, 5.74) is 6.75. The van der Waals surface area contributed by atoms with Crippen molar-refractivity contribution >= 4 is 11.8 Å². The van der Waals surface area contributed by atoms with Gasteiger partial charge in [-0.1, -0.05) is 23.9 Å². The summed E-state index contributed by atoms with van der Waals surface area (Å²) in [6.07, 6.45) is 2.46. The molecule has 2 N–H and O–H groups in total. The van der Waals surface area contributed by atoms with E-state index < -0.39 is 0 Å². The molecule has 0 amide bonds. The smallest absolute Gasteiger partial charge is 0.185 e. The van der Waals surface area contributed by atoms with Gasteiger partial charge in [0.05, 0.1) is 6.61 Å². The summed E-state index contributed by atoms with van der Waals surface area (Å²) in [5.74, 6) is 1.73. The second-order valence-electron chi connectivity index (χ2n) is 4.05. The summed E-state index contributed by atoms with van der Waals surface area (Å²) in [5, 5.41) is 4.92. The Balaban J connectivity index is 1.72. The van der Waals surface area contributed by atoms with Crippen LogP contribution in [0, 0.1) is 0 Å². The average Bonchev–Trinajstić information content (AvgIpc) is 2.83. The Morgan fingerprint density at radius 1 is 1.32 bits per heavy atom. The van der Waals surface area contributed by atoms with E-state index >= 15 is 0 Å². The van der Waals surface area contributed by atoms with E-state index in [9.17, 15) is 0 Å². The van der Waals surface area contributed by atoms with Gasteiger partial charge in [-0.25, -0.2) is 9.67 Å². The Morgan fingerprint density at radius 3 is 2.74 bits per heavy atom. The Morgan fingerprint density at radius 2 is 2.11 bits per heavy atom. The molecule has 1 heterocycles. The molecule has 0 spiro atoms. The van der Waals surface area contributed by atoms with Gasteiger partial charge in [0.1, 0.15) is 12.1 Å². The van der Waals surface area contributed by atoms with Crippen LogP contribution in [0.3, 0.4) is 0 Å². The number of hydrogen-bond acceptors (Lipinski definition) is 5. The van der Waals surface area contributed by atoms with Gasteiger partial charge < -0.3 is 10.5 Å². The van der Waals surface area contributed by atoms with Gasteiger partial charge in [0.15, 0.2) is 5.16 Å². The highest BCUT2D eigenvalue weighted by molar-refractivity contribution is 7.99. The summed E-state index contributed by atoms with van der Waals surface area (Å²) in [6, 6.07) is 8.08. The van der Waals surface area contributed by atoms with Gasteiger partial charge >= 0.3 is 0 Å². The summed E-state index contributed by atoms with van der Waals surface area (Å²) >= 11 is 1.63. The van der Waals surface area contributed by atoms with E-state index in [2.05, 4.69) is 22.2 Å². The second kappa shape index (κ2) is 7.16. The van der Waals surface area contributed by atoms with Crippen molar-refractivity contribution in [3.63, 3.8) is 0 Å². The maximum absolute atomic E-state index is 5.67. The number of aryl methyl sites for hydroxylation is 1. The average molecular weight is 278 g/mol. The lowest BCUT2D eigenvalue weighted by Gasteiger charge is -2.06. The molecular formula is C13H18N4OS. The van der Waals surface area contributed by atoms with Gasteiger partial charge in [-0.15, -0.1) is 0 Å². The predicted molar refractivity (Wildman–Crippen MR) is 76.4 cm³/mol. The molecule has 0 unspecified atom stereocenters. The summed E-state index contributed by atoms with van der Waals surface area (Å²) < 4.78 is 7.42. The maximum Gasteiger partial charge on any atom is 0.185 e. The fraction of sp³-hybridized carbons (Fsp3) is 0.385. The lowest BCUT2D eigenvalue weighted by molar-refractivity contribution is 0.343. The molecule has 0 saturated heterocycles. The van der Waals surface area contributed by atoms with Crippen LogP contribution in [0.2, 0.25) is 0 Å². The van der Waals surface area contributed by atoms with Gasteiger partial charge in [0, 0.05) is 12.8 Å². The van der Waals surface area contributed by atoms with Gasteiger partial charge in [-0.3, -0.25) is 0 Å². The first-order chi connectivity index (χ1) is 9.29. The number of nitrogens with zero attached hydrogens (tertiary/aromatic N) is 3. The minimum absolute atomic E-state index is 0.647. The minimum atomic E-state index is 0.647. The highest BCUT2D eigenvalue weighted by Gasteiger charge is 2.01. The monoisotopic (exact) mass is 278 g/mol. The number of thioether (sulfide) groups is 1. The first-order valence-electron chi connectivity index (χ1n) is 6.18. The molecule has 0 radical (unpaired) electrons. The molecule has 0 aliphatic rings. The molecule has 0 aliphatic heterocycles. The Bertz CT molecular complexity index is 498. The highest BCUT2D eigenvalue weighted by Crippen LogP contribution is 2.15. The van der Waals surface area contributed by atoms with E-state index in [0.717, 1.165) is 23.1 Å². The topological polar surface area (TPSA) is 66.0 Å². The van der Waals surface area contributed by atoms with Crippen molar-refractivity contribution in [2.24, 2.45) is 12.8 Å². The number of rotatable bonds is 7. The minimum Gasteiger partial charge on any atom is -0.493 e. The molecular weight excluding hydrogens is 260 g/mol. The molecule has 2 rings (SSSR count). The second-order valence-corrected chi connectivity index (χ2v) is 5.11. The molecule has 19 heavy (non-hydrogen) atoms. The van der Waals surface area contributed by atoms with Gasteiger partial charge in [-0.2, -0.15) is 5.10 Å². The first-order valence-corrected chi connectivity index (χ1v) is 7.17. The molecule has 2 aromatic rings. The summed E-state index contributed by atoms with van der Waals surface area (Å²) in [6.45, 7) is 1.32. The number of ether oxygens (including phenoxy) is 1. The van der Waals surface area contributed by atoms with E-state index in [4.69, 9.17) is 10.5 Å². The molecule has 1 aromatic heterocycles. The zero-order valence-corrected chi connectivity index (χ0v) is 11.8. The van der Waals surface area contributed by atoms with Crippen molar-refractivity contribution in [3.8, 4) is 5.75 Å². The third-order valence-corrected chi connectivity index (χ3v) is 3.61. The van der Waals surface area contributed by atoms with Crippen LogP contribution in [-0.4, -0.2) is 33.7 Å². The normalized spacial score (nSPS) is 10.6. The molecule has 0 fully saturated rings. The van der Waals surface area contributed by atoms with Gasteiger partial charge in [0.25, 0.3) is 0 Å². The van der Waals surface area contributed by atoms with Crippen molar-refractivity contribution in [2.45, 2.75) is 11.6 Å². The van der Waals surface area contributed by atoms with Crippen molar-refractivity contribution < 1.29 is 4.74 Å². The fourth-order valence-electron chi connectivity index (χ4n) is 1.63. The zero-order valence-electron chi connectivity index (χ0n) is 11.0. The third kappa shape index (κ3) is 4.25. The Labute approximate surface area is 117 Å². The van der Waals surface area contributed by atoms with Crippen LogP contribution >= 0.6 is 11.8 Å². The molecule has 5 nitrogen and oxygen atoms in total. The number of aromatic nitrogens is 3. The predicted octanol–water partition coefficient (Wildman–Crippen LogP) is 1.49. The molecule has 0 saturated carbocycles. The van der Waals surface area contributed by atoms with Crippen molar-refractivity contribution in [1.29, 1.82) is 0 Å². The fourth-order valence-corrected chi connectivity index (χ4v) is 2.33. The largest absolute Gasteiger partial charge is 0.493 e. The highest BCUT2D eigenvalue weighted by atomic mass is 32.2. The molecule has 6 heteroatoms. The van der Waals surface area contributed by atoms with Gasteiger partial charge in [0.2, 0.25) is 0 Å². The van der Waals surface area contributed by atoms with Crippen molar-refractivity contribution in [1.82, 2.24) is 14.8 Å². The third-order valence-electron chi connectivity index (χ3n) is 2.61. The molecule has 0 atom stereocenters. The molecule has 1 aromatic carbocycles. The van der Waals surface area contributed by atoms with Crippen LogP contribution in [0.4, 0.5) is 0 Å². The van der Waals surface area contributed by atoms with E-state index in [1.165, 1.54) is 5.56 Å². The molecule has 102 valence electrons. The maximum atomic E-state index is 5.67. The quantitative estimate of drug-likeness (QED) is 0.614. The Hall–Kier alpha value is -1.53. The van der Waals surface area contributed by atoms with E-state index in [1.54, 1.807) is 22.8 Å². The van der Waals surface area contributed by atoms with Crippen molar-refractivity contribution in [3.05, 3.63) is 36.2 Å². The van der Waals surface area contributed by atoms with Crippen LogP contribution in [0.5, 0.6) is 5.75 Å². The Kier molecular flexibility index (Phi) is 5.23. The van der Waals surface area contributed by atoms with Crippen LogP contribution in [-0.2, 0) is 13.5 Å². The van der Waals surface area contributed by atoms with Crippen LogP contribution in [0.25, 0.3) is 0 Å². The summed E-state index contributed by atoms with van der Waals surface area (Å²) in [4.78, 5) is 4.14. The van der Waals surface area contributed by atoms with E-state index in [-0.39, 0.29) is 0 Å². The van der Waals surface area contributed by atoms with Gasteiger partial charge in [-0.05, 0) is 30.7 Å². The zero-order chi connectivity index (χ0) is 13.5. The number of nitrogens with two attached hydrogens (primary N) is 1. The standard InChI is InChI=1S/C13H18N4OS/c1-17-13(15-10-16-17)19-9-8-18-12-4-2-11(3-5-12)6-7-14/h2-5,10H,6-9,14H2,1H3. The number of benzene rings is 1. The first kappa shape index (κ1) is 13.9. The van der Waals surface area contributed by atoms with E-state index in [1.807, 2.05) is 19.2 Å². The molecule has 0 bridgehead atoms. The van der Waals surface area contributed by atoms with E-state index in [0.29, 0.717) is 13.2 Å². The SMILES string of the molecule is Cn1ncnc1SCCOc1ccc(CCN)cc1. The molecule has 0 aliphatic carbocycles. The lowest BCUT2D eigenvalue weighted by Crippen LogP contribution is -2.03. The van der Waals surface area contributed by atoms with Crippen molar-refractivity contribution in [2.75, 3.05) is 18.9 Å². The summed E-state index contributed by atoms with van der Waals surface area (Å²) in [7, 11) is 1.88.